The highest BCUT2D eigenvalue weighted by molar-refractivity contribution is 5.51. The maximum Gasteiger partial charge on any atom is 0.393 e. The van der Waals surface area contributed by atoms with E-state index in [1.54, 1.807) is 23.7 Å². The maximum atomic E-state index is 13.0. The Hall–Kier alpha value is -3.20. The molecule has 0 unspecified atom stereocenters. The van der Waals surface area contributed by atoms with Crippen molar-refractivity contribution in [3.05, 3.63) is 71.4 Å². The Morgan fingerprint density at radius 2 is 1.70 bits per heavy atom. The molecule has 1 fully saturated rings. The number of aryl methyl sites for hydroxylation is 3. The fourth-order valence-corrected chi connectivity index (χ4v) is 4.02. The smallest absolute Gasteiger partial charge is 0.393 e. The lowest BCUT2D eigenvalue weighted by atomic mass is 9.90. The zero-order valence-corrected chi connectivity index (χ0v) is 22.6. The molecule has 9 heteroatoms. The first-order chi connectivity index (χ1) is 17.5. The number of rotatable bonds is 5. The van der Waals surface area contributed by atoms with Gasteiger partial charge >= 0.3 is 6.18 Å². The van der Waals surface area contributed by atoms with Crippen LogP contribution in [0.4, 0.5) is 13.2 Å². The minimum absolute atomic E-state index is 0. The summed E-state index contributed by atoms with van der Waals surface area (Å²) in [4.78, 5) is 10.5. The van der Waals surface area contributed by atoms with E-state index < -0.39 is 12.6 Å². The summed E-state index contributed by atoms with van der Waals surface area (Å²) in [6, 6.07) is 7.54. The van der Waals surface area contributed by atoms with Crippen molar-refractivity contribution in [2.45, 2.75) is 59.1 Å². The molecule has 1 aliphatic heterocycles. The van der Waals surface area contributed by atoms with Crippen LogP contribution < -0.4 is 4.74 Å². The van der Waals surface area contributed by atoms with Gasteiger partial charge in [-0.25, -0.2) is 4.98 Å². The molecule has 4 rings (SSSR count). The van der Waals surface area contributed by atoms with Crippen molar-refractivity contribution in [3.8, 4) is 11.6 Å². The minimum atomic E-state index is -4.40. The first-order valence-electron chi connectivity index (χ1n) is 12.5. The topological polar surface area (TPSA) is 56.1 Å². The van der Waals surface area contributed by atoms with Crippen LogP contribution in [0, 0.1) is 13.8 Å². The number of benzene rings is 1. The summed E-state index contributed by atoms with van der Waals surface area (Å²) in [6.07, 6.45) is 1.73. The summed E-state index contributed by atoms with van der Waals surface area (Å²) >= 11 is 0. The molecule has 0 amide bonds. The van der Waals surface area contributed by atoms with Crippen molar-refractivity contribution in [2.75, 3.05) is 20.1 Å². The van der Waals surface area contributed by atoms with Crippen LogP contribution in [0.15, 0.2) is 43.2 Å². The molecule has 0 bridgehead atoms. The number of nitrogens with zero attached hydrogens (tertiary/aromatic N) is 5. The second kappa shape index (κ2) is 13.9. The van der Waals surface area contributed by atoms with Gasteiger partial charge in [-0.2, -0.15) is 23.3 Å². The Labute approximate surface area is 219 Å². The highest BCUT2D eigenvalue weighted by atomic mass is 19.4. The van der Waals surface area contributed by atoms with Crippen LogP contribution in [0.5, 0.6) is 11.6 Å². The maximum absolute atomic E-state index is 13.0. The number of likely N-dealkylation sites (tertiary alicyclic amines) is 1. The fourth-order valence-electron chi connectivity index (χ4n) is 4.02. The highest BCUT2D eigenvalue weighted by Gasteiger charge is 2.32. The molecular weight excluding hydrogens is 479 g/mol. The molecule has 0 aliphatic carbocycles. The Morgan fingerprint density at radius 3 is 2.16 bits per heavy atom. The first kappa shape index (κ1) is 30.0. The molecule has 3 aromatic rings. The lowest BCUT2D eigenvalue weighted by Gasteiger charge is -2.29. The van der Waals surface area contributed by atoms with E-state index in [1.807, 2.05) is 52.3 Å². The summed E-state index contributed by atoms with van der Waals surface area (Å²) < 4.78 is 46.6. The summed E-state index contributed by atoms with van der Waals surface area (Å²) in [6.45, 7) is 13.3. The van der Waals surface area contributed by atoms with Gasteiger partial charge in [-0.3, -0.25) is 4.68 Å². The molecule has 0 spiro atoms. The molecule has 1 saturated heterocycles. The minimum Gasteiger partial charge on any atom is -0.439 e. The zero-order valence-electron chi connectivity index (χ0n) is 22.6. The lowest BCUT2D eigenvalue weighted by molar-refractivity contribution is -0.127. The van der Waals surface area contributed by atoms with Gasteiger partial charge in [-0.05, 0) is 82.1 Å². The number of aromatic nitrogens is 4. The zero-order chi connectivity index (χ0) is 27.6. The Bertz CT molecular complexity index is 1110. The van der Waals surface area contributed by atoms with Crippen LogP contribution >= 0.6 is 0 Å². The number of piperidine rings is 1. The Morgan fingerprint density at radius 1 is 1.08 bits per heavy atom. The van der Waals surface area contributed by atoms with Gasteiger partial charge in [0.05, 0.1) is 18.3 Å². The summed E-state index contributed by atoms with van der Waals surface area (Å²) in [7, 11) is 4.03. The van der Waals surface area contributed by atoms with Crippen molar-refractivity contribution in [3.63, 3.8) is 0 Å². The standard InChI is InChI=1S/C21H24F3N3O.C5H8N2.C2H6.H2/c1-4-19-18(13-21(22,23)24)20(26-14(2)25-19)28-17-7-5-15(6-8-17)16-9-11-27(3)12-10-16;1-5-3-6-7(2)4-5;1-2;/h4-8,16H,1,9-13H2,2-3H3;3-4H,1-2H3;1-2H3;1H. The Balaban J connectivity index is 0.000000618. The van der Waals surface area contributed by atoms with E-state index in [1.165, 1.54) is 17.2 Å². The first-order valence-corrected chi connectivity index (χ1v) is 12.5. The molecule has 0 saturated carbocycles. The predicted octanol–water partition coefficient (Wildman–Crippen LogP) is 7.14. The van der Waals surface area contributed by atoms with E-state index in [-0.39, 0.29) is 18.6 Å². The van der Waals surface area contributed by atoms with Crippen LogP contribution in [0.2, 0.25) is 0 Å². The van der Waals surface area contributed by atoms with Crippen LogP contribution in [0.3, 0.4) is 0 Å². The van der Waals surface area contributed by atoms with Crippen molar-refractivity contribution in [1.82, 2.24) is 24.6 Å². The molecule has 1 aromatic carbocycles. The molecule has 0 radical (unpaired) electrons. The summed E-state index contributed by atoms with van der Waals surface area (Å²) in [5, 5.41) is 3.93. The van der Waals surface area contributed by atoms with Gasteiger partial charge in [0.1, 0.15) is 11.6 Å². The van der Waals surface area contributed by atoms with E-state index in [0.29, 0.717) is 17.5 Å². The van der Waals surface area contributed by atoms with Gasteiger partial charge in [0.2, 0.25) is 5.88 Å². The lowest BCUT2D eigenvalue weighted by Crippen LogP contribution is -2.29. The molecule has 37 heavy (non-hydrogen) atoms. The summed E-state index contributed by atoms with van der Waals surface area (Å²) in [5.41, 5.74) is 2.47. The number of hydrogen-bond donors (Lipinski definition) is 0. The fraction of sp³-hybridized carbons (Fsp3) is 0.464. The van der Waals surface area contributed by atoms with Crippen LogP contribution in [0.1, 0.15) is 62.2 Å². The SMILES string of the molecule is C=Cc1nc(C)nc(Oc2ccc(C3CCN(C)CC3)cc2)c1CC(F)(F)F.CC.Cc1cnn(C)c1.[HH]. The molecule has 3 heterocycles. The molecular formula is C28H40F3N5O. The van der Waals surface area contributed by atoms with Crippen molar-refractivity contribution >= 4 is 6.08 Å². The number of halogens is 3. The third-order valence-electron chi connectivity index (χ3n) is 5.80. The van der Waals surface area contributed by atoms with Crippen molar-refractivity contribution in [2.24, 2.45) is 7.05 Å². The van der Waals surface area contributed by atoms with Gasteiger partial charge in [0.25, 0.3) is 0 Å². The van der Waals surface area contributed by atoms with E-state index in [9.17, 15) is 13.2 Å². The summed E-state index contributed by atoms with van der Waals surface area (Å²) in [5.74, 6) is 1.21. The van der Waals surface area contributed by atoms with Crippen molar-refractivity contribution in [1.29, 1.82) is 0 Å². The van der Waals surface area contributed by atoms with Gasteiger partial charge in [0, 0.05) is 20.2 Å². The molecule has 6 nitrogen and oxygen atoms in total. The van der Waals surface area contributed by atoms with Gasteiger partial charge in [-0.1, -0.05) is 32.6 Å². The molecule has 204 valence electrons. The average molecular weight is 520 g/mol. The van der Waals surface area contributed by atoms with Gasteiger partial charge < -0.3 is 9.64 Å². The van der Waals surface area contributed by atoms with Gasteiger partial charge in [0.15, 0.2) is 0 Å². The van der Waals surface area contributed by atoms with Crippen LogP contribution in [-0.4, -0.2) is 51.0 Å². The van der Waals surface area contributed by atoms with E-state index >= 15 is 0 Å². The van der Waals surface area contributed by atoms with Crippen LogP contribution in [-0.2, 0) is 13.5 Å². The molecule has 1 aliphatic rings. The molecule has 0 atom stereocenters. The number of ether oxygens (including phenoxy) is 1. The number of hydrogen-bond acceptors (Lipinski definition) is 5. The largest absolute Gasteiger partial charge is 0.439 e. The number of alkyl halides is 3. The monoisotopic (exact) mass is 519 g/mol. The van der Waals surface area contributed by atoms with E-state index in [2.05, 4.69) is 33.6 Å². The molecule has 2 aromatic heterocycles. The van der Waals surface area contributed by atoms with E-state index in [4.69, 9.17) is 4.74 Å². The predicted molar refractivity (Wildman–Crippen MR) is 144 cm³/mol. The van der Waals surface area contributed by atoms with Crippen LogP contribution in [0.25, 0.3) is 6.08 Å². The second-order valence-electron chi connectivity index (χ2n) is 8.88. The third-order valence-corrected chi connectivity index (χ3v) is 5.80. The normalized spacial score (nSPS) is 14.2. The quantitative estimate of drug-likeness (QED) is 0.359. The second-order valence-corrected chi connectivity index (χ2v) is 8.88. The van der Waals surface area contributed by atoms with Crippen molar-refractivity contribution < 1.29 is 19.3 Å². The third kappa shape index (κ3) is 9.64. The van der Waals surface area contributed by atoms with Gasteiger partial charge in [-0.15, -0.1) is 0 Å². The van der Waals surface area contributed by atoms with E-state index in [0.717, 1.165) is 25.9 Å². The molecule has 0 N–H and O–H groups in total. The highest BCUT2D eigenvalue weighted by Crippen LogP contribution is 2.33. The average Bonchev–Trinajstić information content (AvgIpc) is 3.25. The Kier molecular flexibility index (Phi) is 11.3.